The summed E-state index contributed by atoms with van der Waals surface area (Å²) in [4.78, 5) is 17.6. The predicted octanol–water partition coefficient (Wildman–Crippen LogP) is 0.128. The van der Waals surface area contributed by atoms with Gasteiger partial charge in [0.25, 0.3) is 0 Å². The van der Waals surface area contributed by atoms with Crippen LogP contribution in [0.15, 0.2) is 0 Å². The molecule has 0 heterocycles. The van der Waals surface area contributed by atoms with E-state index in [1.807, 2.05) is 20.8 Å². The molecule has 0 fully saturated rings. The standard InChI is InChI=1S/C4H11N.C2H2O2/c1-4(2,3)5;3-1-2-4/h5H2,1-3H3;1-2H. The summed E-state index contributed by atoms with van der Waals surface area (Å²) in [6, 6.07) is 0. The highest BCUT2D eigenvalue weighted by Gasteiger charge is 1.95. The van der Waals surface area contributed by atoms with E-state index in [4.69, 9.17) is 15.3 Å². The van der Waals surface area contributed by atoms with E-state index in [1.54, 1.807) is 0 Å². The lowest BCUT2D eigenvalue weighted by Crippen LogP contribution is -2.26. The third-order valence-corrected chi connectivity index (χ3v) is 0.0556. The van der Waals surface area contributed by atoms with Gasteiger partial charge in [-0.05, 0) is 20.8 Å². The van der Waals surface area contributed by atoms with Gasteiger partial charge in [-0.15, -0.1) is 0 Å². The van der Waals surface area contributed by atoms with Crippen molar-refractivity contribution in [2.75, 3.05) is 0 Å². The van der Waals surface area contributed by atoms with Crippen molar-refractivity contribution in [2.24, 2.45) is 5.73 Å². The number of rotatable bonds is 1. The van der Waals surface area contributed by atoms with Gasteiger partial charge >= 0.3 is 0 Å². The van der Waals surface area contributed by atoms with Gasteiger partial charge in [0.2, 0.25) is 0 Å². The first-order valence-electron chi connectivity index (χ1n) is 2.59. The van der Waals surface area contributed by atoms with Gasteiger partial charge in [-0.1, -0.05) is 0 Å². The summed E-state index contributed by atoms with van der Waals surface area (Å²) in [6.07, 6.45) is 0.389. The largest absolute Gasteiger partial charge is 0.326 e. The molecule has 3 nitrogen and oxygen atoms in total. The summed E-state index contributed by atoms with van der Waals surface area (Å²) in [5.41, 5.74) is 5.35. The molecule has 0 aromatic heterocycles. The van der Waals surface area contributed by atoms with Gasteiger partial charge in [-0.2, -0.15) is 0 Å². The fraction of sp³-hybridized carbons (Fsp3) is 0.667. The fourth-order valence-electron chi connectivity index (χ4n) is 0. The Hall–Kier alpha value is -0.700. The lowest BCUT2D eigenvalue weighted by atomic mass is 10.1. The van der Waals surface area contributed by atoms with E-state index in [0.717, 1.165) is 0 Å². The first kappa shape index (κ1) is 11.1. The monoisotopic (exact) mass is 131 g/mol. The van der Waals surface area contributed by atoms with E-state index < -0.39 is 0 Å². The van der Waals surface area contributed by atoms with Gasteiger partial charge in [-0.25, -0.2) is 0 Å². The number of carbonyl (C=O) groups is 2. The Morgan fingerprint density at radius 1 is 1.11 bits per heavy atom. The van der Waals surface area contributed by atoms with Gasteiger partial charge < -0.3 is 5.73 Å². The maximum absolute atomic E-state index is 8.81. The maximum Gasteiger partial charge on any atom is 0.182 e. The summed E-state index contributed by atoms with van der Waals surface area (Å²) >= 11 is 0. The summed E-state index contributed by atoms with van der Waals surface area (Å²) in [6.45, 7) is 5.90. The van der Waals surface area contributed by atoms with Crippen molar-refractivity contribution in [1.82, 2.24) is 0 Å². The maximum atomic E-state index is 8.81. The van der Waals surface area contributed by atoms with Crippen LogP contribution >= 0.6 is 0 Å². The van der Waals surface area contributed by atoms with Crippen LogP contribution in [0.25, 0.3) is 0 Å². The zero-order valence-corrected chi connectivity index (χ0v) is 6.05. The molecule has 0 unspecified atom stereocenters. The van der Waals surface area contributed by atoms with Crippen LogP contribution < -0.4 is 5.73 Å². The van der Waals surface area contributed by atoms with E-state index in [1.165, 1.54) is 0 Å². The molecule has 2 N–H and O–H groups in total. The van der Waals surface area contributed by atoms with Crippen LogP contribution in [0.3, 0.4) is 0 Å². The first-order valence-corrected chi connectivity index (χ1v) is 2.59. The van der Waals surface area contributed by atoms with Gasteiger partial charge in [0, 0.05) is 5.54 Å². The van der Waals surface area contributed by atoms with Gasteiger partial charge in [0.1, 0.15) is 0 Å². The number of nitrogens with two attached hydrogens (primary N) is 1. The smallest absolute Gasteiger partial charge is 0.182 e. The second kappa shape index (κ2) is 5.44. The highest BCUT2D eigenvalue weighted by molar-refractivity contribution is 6.09. The molecule has 0 aliphatic heterocycles. The number of aldehydes is 2. The summed E-state index contributed by atoms with van der Waals surface area (Å²) in [5.74, 6) is 0. The molecule has 0 rings (SSSR count). The quantitative estimate of drug-likeness (QED) is 0.406. The Balaban J connectivity index is 0. The van der Waals surface area contributed by atoms with Crippen LogP contribution in [0, 0.1) is 0 Å². The van der Waals surface area contributed by atoms with Crippen molar-refractivity contribution in [3.05, 3.63) is 0 Å². The average Bonchev–Trinajstić information content (AvgIpc) is 1.61. The first-order chi connectivity index (χ1) is 3.91. The van der Waals surface area contributed by atoms with E-state index in [-0.39, 0.29) is 18.1 Å². The third kappa shape index (κ3) is 2280. The Morgan fingerprint density at radius 3 is 1.22 bits per heavy atom. The minimum atomic E-state index is 0. The van der Waals surface area contributed by atoms with E-state index in [2.05, 4.69) is 0 Å². The highest BCUT2D eigenvalue weighted by Crippen LogP contribution is 1.88. The lowest BCUT2D eigenvalue weighted by Gasteiger charge is -2.06. The minimum absolute atomic E-state index is 0. The van der Waals surface area contributed by atoms with E-state index >= 15 is 0 Å². The predicted molar refractivity (Wildman–Crippen MR) is 36.1 cm³/mol. The summed E-state index contributed by atoms with van der Waals surface area (Å²) in [7, 11) is 0. The SMILES string of the molecule is CC(C)(C)N.O=CC=O. The molecule has 3 heteroatoms. The Morgan fingerprint density at radius 2 is 1.22 bits per heavy atom. The number of carbonyl (C=O) groups excluding carboxylic acids is 2. The molecule has 0 radical (unpaired) electrons. The van der Waals surface area contributed by atoms with Crippen LogP contribution in [0.1, 0.15) is 20.8 Å². The zero-order chi connectivity index (χ0) is 7.91. The molecule has 0 aliphatic carbocycles. The molecular weight excluding hydrogens is 118 g/mol. The van der Waals surface area contributed by atoms with Crippen LogP contribution in [0.4, 0.5) is 0 Å². The van der Waals surface area contributed by atoms with Crippen molar-refractivity contribution in [3.63, 3.8) is 0 Å². The number of hydrogen-bond donors (Lipinski definition) is 1. The molecule has 0 aromatic carbocycles. The number of hydrogen-bond acceptors (Lipinski definition) is 3. The molecule has 0 aromatic rings. The van der Waals surface area contributed by atoms with Crippen molar-refractivity contribution < 1.29 is 9.59 Å². The van der Waals surface area contributed by atoms with E-state index in [9.17, 15) is 0 Å². The summed E-state index contributed by atoms with van der Waals surface area (Å²) in [5, 5.41) is 0. The molecule has 54 valence electrons. The molecular formula is C6H13NO2. The lowest BCUT2D eigenvalue weighted by molar-refractivity contribution is -0.122. The summed E-state index contributed by atoms with van der Waals surface area (Å²) < 4.78 is 0. The Bertz CT molecular complexity index is 71.5. The second-order valence-corrected chi connectivity index (χ2v) is 2.64. The molecule has 0 atom stereocenters. The minimum Gasteiger partial charge on any atom is -0.326 e. The van der Waals surface area contributed by atoms with Crippen molar-refractivity contribution in [2.45, 2.75) is 26.3 Å². The Labute approximate surface area is 55.2 Å². The van der Waals surface area contributed by atoms with Gasteiger partial charge in [-0.3, -0.25) is 9.59 Å². The zero-order valence-electron chi connectivity index (χ0n) is 6.05. The van der Waals surface area contributed by atoms with Crippen LogP contribution in [0.5, 0.6) is 0 Å². The normalized spacial score (nSPS) is 8.89. The van der Waals surface area contributed by atoms with Gasteiger partial charge in [0.15, 0.2) is 12.6 Å². The molecule has 0 amide bonds. The topological polar surface area (TPSA) is 60.2 Å². The van der Waals surface area contributed by atoms with Crippen molar-refractivity contribution in [1.29, 1.82) is 0 Å². The molecule has 9 heavy (non-hydrogen) atoms. The van der Waals surface area contributed by atoms with Gasteiger partial charge in [0.05, 0.1) is 0 Å². The molecule has 0 bridgehead atoms. The molecule has 0 saturated heterocycles. The van der Waals surface area contributed by atoms with Crippen LogP contribution in [-0.2, 0) is 9.59 Å². The fourth-order valence-corrected chi connectivity index (χ4v) is 0. The molecule has 0 saturated carbocycles. The Kier molecular flexibility index (Phi) is 6.73. The average molecular weight is 131 g/mol. The van der Waals surface area contributed by atoms with Crippen molar-refractivity contribution in [3.8, 4) is 0 Å². The molecule has 0 aliphatic rings. The van der Waals surface area contributed by atoms with Crippen LogP contribution in [0.2, 0.25) is 0 Å². The second-order valence-electron chi connectivity index (χ2n) is 2.64. The third-order valence-electron chi connectivity index (χ3n) is 0.0556. The van der Waals surface area contributed by atoms with E-state index in [0.29, 0.717) is 0 Å². The van der Waals surface area contributed by atoms with Crippen molar-refractivity contribution >= 4 is 12.6 Å². The highest BCUT2D eigenvalue weighted by atomic mass is 16.2. The molecule has 0 spiro atoms. The van der Waals surface area contributed by atoms with Crippen LogP contribution in [-0.4, -0.2) is 18.1 Å².